The molecule has 2 aromatic carbocycles. The third-order valence-corrected chi connectivity index (χ3v) is 6.05. The van der Waals surface area contributed by atoms with Gasteiger partial charge in [0, 0.05) is 28.1 Å². The minimum atomic E-state index is -0.0803. The Morgan fingerprint density at radius 2 is 1.82 bits per heavy atom. The molecule has 0 spiro atoms. The second kappa shape index (κ2) is 10.0. The number of nitrogens with one attached hydrogen (secondary N) is 2. The molecule has 4 rings (SSSR count). The number of anilines is 3. The van der Waals surface area contributed by atoms with Gasteiger partial charge in [-0.15, -0.1) is 0 Å². The van der Waals surface area contributed by atoms with Crippen LogP contribution in [0.2, 0.25) is 0 Å². The van der Waals surface area contributed by atoms with Crippen molar-refractivity contribution in [3.63, 3.8) is 0 Å². The van der Waals surface area contributed by atoms with Crippen molar-refractivity contribution in [3.8, 4) is 0 Å². The third-order valence-electron chi connectivity index (χ3n) is 4.96. The molecule has 33 heavy (non-hydrogen) atoms. The molecule has 2 heterocycles. The van der Waals surface area contributed by atoms with Crippen molar-refractivity contribution in [2.24, 2.45) is 5.92 Å². The van der Waals surface area contributed by atoms with Crippen LogP contribution < -0.4 is 10.6 Å². The molecular formula is C26H27N5OS. The predicted molar refractivity (Wildman–Crippen MR) is 135 cm³/mol. The average molecular weight is 458 g/mol. The molecule has 168 valence electrons. The van der Waals surface area contributed by atoms with Gasteiger partial charge in [-0.1, -0.05) is 31.7 Å². The first-order valence-electron chi connectivity index (χ1n) is 10.9. The monoisotopic (exact) mass is 457 g/mol. The van der Waals surface area contributed by atoms with Crippen molar-refractivity contribution in [1.82, 2.24) is 15.0 Å². The van der Waals surface area contributed by atoms with Gasteiger partial charge >= 0.3 is 0 Å². The van der Waals surface area contributed by atoms with Crippen molar-refractivity contribution in [3.05, 3.63) is 72.2 Å². The highest BCUT2D eigenvalue weighted by atomic mass is 32.2. The van der Waals surface area contributed by atoms with Gasteiger partial charge < -0.3 is 10.6 Å². The maximum atomic E-state index is 11.3. The Morgan fingerprint density at radius 3 is 2.55 bits per heavy atom. The summed E-state index contributed by atoms with van der Waals surface area (Å²) in [6.07, 6.45) is 2.47. The number of hydrogen-bond acceptors (Lipinski definition) is 6. The Bertz CT molecular complexity index is 1290. The van der Waals surface area contributed by atoms with E-state index in [0.29, 0.717) is 11.6 Å². The Kier molecular flexibility index (Phi) is 6.89. The summed E-state index contributed by atoms with van der Waals surface area (Å²) in [6, 6.07) is 18.2. The van der Waals surface area contributed by atoms with E-state index >= 15 is 0 Å². The molecule has 0 radical (unpaired) electrons. The molecule has 0 aliphatic carbocycles. The summed E-state index contributed by atoms with van der Waals surface area (Å²) in [5.41, 5.74) is 4.64. The fourth-order valence-corrected chi connectivity index (χ4v) is 4.39. The summed E-state index contributed by atoms with van der Waals surface area (Å²) in [7, 11) is 0. The van der Waals surface area contributed by atoms with Crippen molar-refractivity contribution in [2.75, 3.05) is 10.6 Å². The number of rotatable bonds is 7. The second-order valence-electron chi connectivity index (χ2n) is 8.43. The number of carbonyl (C=O) groups is 1. The number of aromatic nitrogens is 3. The predicted octanol–water partition coefficient (Wildman–Crippen LogP) is 6.38. The number of pyridine rings is 1. The largest absolute Gasteiger partial charge is 0.339 e. The quantitative estimate of drug-likeness (QED) is 0.335. The molecular weight excluding hydrogens is 430 g/mol. The van der Waals surface area contributed by atoms with Crippen molar-refractivity contribution in [1.29, 1.82) is 0 Å². The van der Waals surface area contributed by atoms with Crippen LogP contribution in [0.25, 0.3) is 11.0 Å². The molecule has 0 unspecified atom stereocenters. The van der Waals surface area contributed by atoms with E-state index in [1.807, 2.05) is 30.3 Å². The SMILES string of the molecule is CC(=O)Nc1ccc(Sc2ccc(C)cc2Nc2ncnc3nc(CC(C)C)ccc23)cc1. The molecule has 0 saturated carbocycles. The van der Waals surface area contributed by atoms with Crippen molar-refractivity contribution in [2.45, 2.75) is 43.9 Å². The number of aryl methyl sites for hydroxylation is 1. The van der Waals surface area contributed by atoms with E-state index < -0.39 is 0 Å². The molecule has 2 N–H and O–H groups in total. The van der Waals surface area contributed by atoms with E-state index in [2.05, 4.69) is 65.6 Å². The fourth-order valence-electron chi connectivity index (χ4n) is 3.51. The van der Waals surface area contributed by atoms with Crippen LogP contribution in [0.15, 0.2) is 70.7 Å². The second-order valence-corrected chi connectivity index (χ2v) is 9.54. The van der Waals surface area contributed by atoms with Crippen LogP contribution in [0.1, 0.15) is 32.0 Å². The van der Waals surface area contributed by atoms with Gasteiger partial charge in [0.1, 0.15) is 12.1 Å². The van der Waals surface area contributed by atoms with E-state index in [4.69, 9.17) is 4.98 Å². The van der Waals surface area contributed by atoms with Gasteiger partial charge in [0.05, 0.1) is 11.1 Å². The molecule has 0 aliphatic rings. The number of carbonyl (C=O) groups excluding carboxylic acids is 1. The minimum absolute atomic E-state index is 0.0803. The van der Waals surface area contributed by atoms with E-state index in [1.165, 1.54) is 6.92 Å². The number of fused-ring (bicyclic) bond motifs is 1. The Labute approximate surface area is 198 Å². The van der Waals surface area contributed by atoms with Gasteiger partial charge in [0.25, 0.3) is 0 Å². The molecule has 6 nitrogen and oxygen atoms in total. The molecule has 2 aromatic heterocycles. The lowest BCUT2D eigenvalue weighted by Gasteiger charge is -2.14. The maximum Gasteiger partial charge on any atom is 0.221 e. The number of benzene rings is 2. The van der Waals surface area contributed by atoms with Gasteiger partial charge in [-0.05, 0) is 73.4 Å². The first-order valence-corrected chi connectivity index (χ1v) is 11.7. The Balaban J connectivity index is 1.61. The molecule has 0 bridgehead atoms. The summed E-state index contributed by atoms with van der Waals surface area (Å²) in [4.78, 5) is 27.0. The fraction of sp³-hybridized carbons (Fsp3) is 0.231. The van der Waals surface area contributed by atoms with E-state index in [9.17, 15) is 4.79 Å². The van der Waals surface area contributed by atoms with Gasteiger partial charge in [-0.3, -0.25) is 4.79 Å². The normalized spacial score (nSPS) is 11.1. The molecule has 0 fully saturated rings. The van der Waals surface area contributed by atoms with Crippen LogP contribution in [0, 0.1) is 12.8 Å². The minimum Gasteiger partial charge on any atom is -0.339 e. The van der Waals surface area contributed by atoms with Gasteiger partial charge in [-0.2, -0.15) is 0 Å². The molecule has 0 atom stereocenters. The van der Waals surface area contributed by atoms with Crippen LogP contribution in [0.5, 0.6) is 0 Å². The summed E-state index contributed by atoms with van der Waals surface area (Å²) in [6.45, 7) is 7.94. The van der Waals surface area contributed by atoms with Crippen LogP contribution in [0.4, 0.5) is 17.2 Å². The number of hydrogen-bond donors (Lipinski definition) is 2. The van der Waals surface area contributed by atoms with E-state index in [-0.39, 0.29) is 5.91 Å². The standard InChI is InChI=1S/C26H27N5OS/c1-16(2)13-20-8-11-22-25(30-20)27-15-28-26(22)31-23-14-17(3)5-12-24(23)33-21-9-6-19(7-10-21)29-18(4)32/h5-12,14-16H,13H2,1-4H3,(H,29,32)(H,27,28,30,31). The summed E-state index contributed by atoms with van der Waals surface area (Å²) >= 11 is 1.65. The molecule has 0 saturated heterocycles. The lowest BCUT2D eigenvalue weighted by atomic mass is 10.1. The van der Waals surface area contributed by atoms with Crippen molar-refractivity contribution >= 4 is 45.9 Å². The van der Waals surface area contributed by atoms with E-state index in [1.54, 1.807) is 18.1 Å². The zero-order chi connectivity index (χ0) is 23.4. The topological polar surface area (TPSA) is 79.8 Å². The molecule has 1 amide bonds. The molecule has 7 heteroatoms. The summed E-state index contributed by atoms with van der Waals surface area (Å²) in [5.74, 6) is 1.19. The average Bonchev–Trinajstić information content (AvgIpc) is 2.76. The Hall–Kier alpha value is -3.45. The molecule has 4 aromatic rings. The first-order chi connectivity index (χ1) is 15.9. The molecule has 0 aliphatic heterocycles. The summed E-state index contributed by atoms with van der Waals surface area (Å²) < 4.78 is 0. The highest BCUT2D eigenvalue weighted by molar-refractivity contribution is 7.99. The van der Waals surface area contributed by atoms with Gasteiger partial charge in [0.15, 0.2) is 5.65 Å². The lowest BCUT2D eigenvalue weighted by Crippen LogP contribution is -2.05. The van der Waals surface area contributed by atoms with Crippen molar-refractivity contribution < 1.29 is 4.79 Å². The number of amides is 1. The lowest BCUT2D eigenvalue weighted by molar-refractivity contribution is -0.114. The van der Waals surface area contributed by atoms with Crippen LogP contribution in [0.3, 0.4) is 0 Å². The zero-order valence-electron chi connectivity index (χ0n) is 19.2. The first kappa shape index (κ1) is 22.7. The van der Waals surface area contributed by atoms with Crippen LogP contribution in [-0.2, 0) is 11.2 Å². The maximum absolute atomic E-state index is 11.3. The van der Waals surface area contributed by atoms with E-state index in [0.717, 1.165) is 50.0 Å². The van der Waals surface area contributed by atoms with Gasteiger partial charge in [0.2, 0.25) is 5.91 Å². The van der Waals surface area contributed by atoms with Crippen LogP contribution in [-0.4, -0.2) is 20.9 Å². The Morgan fingerprint density at radius 1 is 1.03 bits per heavy atom. The zero-order valence-corrected chi connectivity index (χ0v) is 20.0. The highest BCUT2D eigenvalue weighted by Gasteiger charge is 2.11. The smallest absolute Gasteiger partial charge is 0.221 e. The van der Waals surface area contributed by atoms with Gasteiger partial charge in [-0.25, -0.2) is 15.0 Å². The number of nitrogens with zero attached hydrogens (tertiary/aromatic N) is 3. The third kappa shape index (κ3) is 5.87. The summed E-state index contributed by atoms with van der Waals surface area (Å²) in [5, 5.41) is 7.19. The highest BCUT2D eigenvalue weighted by Crippen LogP contribution is 2.36. The van der Waals surface area contributed by atoms with Crippen LogP contribution >= 0.6 is 11.8 Å².